The molecule has 0 aliphatic carbocycles. The largest absolute Gasteiger partial charge is 0.344 e. The van der Waals surface area contributed by atoms with E-state index < -0.39 is 5.79 Å². The summed E-state index contributed by atoms with van der Waals surface area (Å²) in [7, 11) is 0. The van der Waals surface area contributed by atoms with Crippen LogP contribution >= 0.6 is 0 Å². The van der Waals surface area contributed by atoms with E-state index in [4.69, 9.17) is 14.5 Å². The molecule has 31 heavy (non-hydrogen) atoms. The van der Waals surface area contributed by atoms with Gasteiger partial charge in [0.05, 0.1) is 6.61 Å². The van der Waals surface area contributed by atoms with Gasteiger partial charge < -0.3 is 4.74 Å². The van der Waals surface area contributed by atoms with E-state index in [1.54, 1.807) is 0 Å². The summed E-state index contributed by atoms with van der Waals surface area (Å²) >= 11 is 0. The lowest BCUT2D eigenvalue weighted by Gasteiger charge is -2.40. The highest BCUT2D eigenvalue weighted by Crippen LogP contribution is 2.35. The predicted octanol–water partition coefficient (Wildman–Crippen LogP) is 7.82. The summed E-state index contributed by atoms with van der Waals surface area (Å²) < 4.78 is 6.16. The van der Waals surface area contributed by atoms with Crippen LogP contribution in [0.5, 0.6) is 0 Å². The second kappa shape index (κ2) is 11.6. The van der Waals surface area contributed by atoms with Gasteiger partial charge in [0.1, 0.15) is 6.10 Å². The molecule has 0 amide bonds. The number of unbranched alkanes of at least 4 members (excludes halogenated alkanes) is 5. The van der Waals surface area contributed by atoms with Crippen LogP contribution in [0.25, 0.3) is 16.7 Å². The molecule has 3 atom stereocenters. The van der Waals surface area contributed by atoms with Crippen molar-refractivity contribution in [2.45, 2.75) is 77.6 Å². The van der Waals surface area contributed by atoms with E-state index in [2.05, 4.69) is 69.0 Å². The molecule has 1 aliphatic rings. The maximum atomic E-state index is 6.16. The summed E-state index contributed by atoms with van der Waals surface area (Å²) in [6.07, 6.45) is 8.56. The van der Waals surface area contributed by atoms with Crippen molar-refractivity contribution in [1.82, 2.24) is 0 Å². The van der Waals surface area contributed by atoms with Crippen LogP contribution in [0.1, 0.15) is 71.3 Å². The van der Waals surface area contributed by atoms with Crippen molar-refractivity contribution < 1.29 is 14.5 Å². The van der Waals surface area contributed by atoms with Crippen LogP contribution in [0.4, 0.5) is 0 Å². The van der Waals surface area contributed by atoms with Crippen molar-refractivity contribution in [3.8, 4) is 11.1 Å². The molecular weight excluding hydrogens is 384 g/mol. The Balaban J connectivity index is 1.47. The van der Waals surface area contributed by atoms with Crippen LogP contribution in [0.15, 0.2) is 61.2 Å². The molecule has 2 aromatic rings. The normalized spacial score (nSPS) is 22.2. The van der Waals surface area contributed by atoms with Crippen molar-refractivity contribution in [2.24, 2.45) is 5.92 Å². The minimum absolute atomic E-state index is 0.276. The number of benzene rings is 2. The minimum atomic E-state index is -0.697. The molecule has 3 heteroatoms. The maximum Gasteiger partial charge on any atom is 0.201 e. The quantitative estimate of drug-likeness (QED) is 0.273. The maximum absolute atomic E-state index is 6.16. The minimum Gasteiger partial charge on any atom is -0.344 e. The number of hydrogen-bond acceptors (Lipinski definition) is 3. The van der Waals surface area contributed by atoms with Gasteiger partial charge in [0.2, 0.25) is 5.79 Å². The number of ether oxygens (including phenoxy) is 1. The fourth-order valence-electron chi connectivity index (χ4n) is 4.02. The Morgan fingerprint density at radius 3 is 2.26 bits per heavy atom. The molecule has 0 bridgehead atoms. The average molecular weight is 423 g/mol. The fourth-order valence-corrected chi connectivity index (χ4v) is 4.02. The van der Waals surface area contributed by atoms with Gasteiger partial charge in [0.25, 0.3) is 0 Å². The van der Waals surface area contributed by atoms with E-state index >= 15 is 0 Å². The first kappa shape index (κ1) is 23.7. The van der Waals surface area contributed by atoms with E-state index in [-0.39, 0.29) is 12.0 Å². The van der Waals surface area contributed by atoms with Gasteiger partial charge in [-0.1, -0.05) is 114 Å². The van der Waals surface area contributed by atoms with E-state index in [1.165, 1.54) is 49.7 Å². The molecule has 168 valence electrons. The van der Waals surface area contributed by atoms with Gasteiger partial charge in [-0.05, 0) is 35.6 Å². The van der Waals surface area contributed by atoms with Gasteiger partial charge in [0, 0.05) is 5.92 Å². The molecule has 0 aromatic heterocycles. The second-order valence-electron chi connectivity index (χ2n) is 8.92. The van der Waals surface area contributed by atoms with Gasteiger partial charge in [-0.25, -0.2) is 9.78 Å². The van der Waals surface area contributed by atoms with Gasteiger partial charge in [0.15, 0.2) is 0 Å². The molecule has 1 fully saturated rings. The molecule has 0 radical (unpaired) electrons. The molecule has 0 saturated carbocycles. The summed E-state index contributed by atoms with van der Waals surface area (Å²) in [6, 6.07) is 18.8. The van der Waals surface area contributed by atoms with Crippen LogP contribution in [0.2, 0.25) is 0 Å². The zero-order valence-electron chi connectivity index (χ0n) is 19.4. The lowest BCUT2D eigenvalue weighted by atomic mass is 9.94. The molecule has 1 saturated heterocycles. The first-order valence-electron chi connectivity index (χ1n) is 11.9. The Hall–Kier alpha value is -1.94. The van der Waals surface area contributed by atoms with Crippen molar-refractivity contribution in [1.29, 1.82) is 0 Å². The second-order valence-corrected chi connectivity index (χ2v) is 8.92. The van der Waals surface area contributed by atoms with Crippen molar-refractivity contribution in [3.63, 3.8) is 0 Å². The smallest absolute Gasteiger partial charge is 0.201 e. The Kier molecular flexibility index (Phi) is 8.89. The summed E-state index contributed by atoms with van der Waals surface area (Å²) in [5.41, 5.74) is 4.31. The fraction of sp³-hybridized carbons (Fsp3) is 0.500. The first-order chi connectivity index (χ1) is 15.0. The van der Waals surface area contributed by atoms with E-state index in [0.717, 1.165) is 17.6 Å². The third kappa shape index (κ3) is 6.52. The molecule has 0 spiro atoms. The van der Waals surface area contributed by atoms with Crippen molar-refractivity contribution >= 4 is 5.57 Å². The predicted molar refractivity (Wildman–Crippen MR) is 128 cm³/mol. The van der Waals surface area contributed by atoms with Crippen molar-refractivity contribution in [2.75, 3.05) is 6.61 Å². The standard InChI is InChI=1S/C28H38O3/c1-5-6-7-8-9-11-14-22(2)28(4)29-21-27(30-31-28)23(3)24-17-19-26(20-18-24)25-15-12-10-13-16-25/h10,12-13,15-20,22,27H,3,5-9,11,14,21H2,1-2,4H3. The third-order valence-electron chi connectivity index (χ3n) is 6.49. The van der Waals surface area contributed by atoms with Crippen LogP contribution in [0.3, 0.4) is 0 Å². The van der Waals surface area contributed by atoms with E-state index in [1.807, 2.05) is 13.0 Å². The summed E-state index contributed by atoms with van der Waals surface area (Å²) in [5.74, 6) is -0.421. The van der Waals surface area contributed by atoms with E-state index in [9.17, 15) is 0 Å². The molecule has 0 N–H and O–H groups in total. The molecule has 3 nitrogen and oxygen atoms in total. The number of rotatable bonds is 11. The summed E-state index contributed by atoms with van der Waals surface area (Å²) in [5, 5.41) is 0. The van der Waals surface area contributed by atoms with Gasteiger partial charge in [-0.2, -0.15) is 0 Å². The highest BCUT2D eigenvalue weighted by molar-refractivity contribution is 5.71. The first-order valence-corrected chi connectivity index (χ1v) is 11.9. The summed E-state index contributed by atoms with van der Waals surface area (Å²) in [6.45, 7) is 11.1. The number of hydrogen-bond donors (Lipinski definition) is 0. The van der Waals surface area contributed by atoms with Gasteiger partial charge in [-0.3, -0.25) is 0 Å². The SMILES string of the molecule is C=C(c1ccc(-c2ccccc2)cc1)C1COC(C)(C(C)CCCCCCCC)OO1. The van der Waals surface area contributed by atoms with Crippen LogP contribution < -0.4 is 0 Å². The summed E-state index contributed by atoms with van der Waals surface area (Å²) in [4.78, 5) is 11.6. The molecule has 3 rings (SSSR count). The van der Waals surface area contributed by atoms with Crippen LogP contribution in [-0.4, -0.2) is 18.5 Å². The molecule has 1 heterocycles. The highest BCUT2D eigenvalue weighted by atomic mass is 17.2. The Bertz CT molecular complexity index is 789. The Morgan fingerprint density at radius 2 is 1.61 bits per heavy atom. The van der Waals surface area contributed by atoms with Crippen LogP contribution in [-0.2, 0) is 14.5 Å². The molecular formula is C28H38O3. The van der Waals surface area contributed by atoms with Gasteiger partial charge in [-0.15, -0.1) is 0 Å². The van der Waals surface area contributed by atoms with Crippen LogP contribution in [0, 0.1) is 5.92 Å². The van der Waals surface area contributed by atoms with Gasteiger partial charge >= 0.3 is 0 Å². The molecule has 3 unspecified atom stereocenters. The zero-order valence-corrected chi connectivity index (χ0v) is 19.4. The lowest BCUT2D eigenvalue weighted by Crippen LogP contribution is -2.47. The Labute approximate surface area is 188 Å². The molecule has 1 aliphatic heterocycles. The average Bonchev–Trinajstić information content (AvgIpc) is 2.82. The zero-order chi connectivity index (χ0) is 22.1. The van der Waals surface area contributed by atoms with E-state index in [0.29, 0.717) is 6.61 Å². The lowest BCUT2D eigenvalue weighted by molar-refractivity contribution is -0.484. The topological polar surface area (TPSA) is 27.7 Å². The van der Waals surface area contributed by atoms with Crippen molar-refractivity contribution in [3.05, 3.63) is 66.7 Å². The third-order valence-corrected chi connectivity index (χ3v) is 6.49. The highest BCUT2D eigenvalue weighted by Gasteiger charge is 2.40. The monoisotopic (exact) mass is 422 g/mol. The Morgan fingerprint density at radius 1 is 0.968 bits per heavy atom. The molecule has 2 aromatic carbocycles.